The lowest BCUT2D eigenvalue weighted by Gasteiger charge is -2.04. The number of carbonyl (C=O) groups is 1. The molecular weight excluding hydrogens is 166 g/mol. The number of rotatable bonds is 3. The van der Waals surface area contributed by atoms with Gasteiger partial charge in [-0.3, -0.25) is 4.98 Å². The van der Waals surface area contributed by atoms with Crippen LogP contribution in [0.4, 0.5) is 0 Å². The fourth-order valence-corrected chi connectivity index (χ4v) is 1.17. The number of hydrogen-bond acceptors (Lipinski definition) is 3. The van der Waals surface area contributed by atoms with Crippen molar-refractivity contribution in [2.75, 3.05) is 7.11 Å². The Labute approximate surface area is 77.8 Å². The molecule has 0 radical (unpaired) electrons. The van der Waals surface area contributed by atoms with E-state index >= 15 is 0 Å². The summed E-state index contributed by atoms with van der Waals surface area (Å²) in [6.07, 6.45) is 3.48. The maximum Gasteiger partial charge on any atom is 0.339 e. The highest BCUT2D eigenvalue weighted by Crippen LogP contribution is 2.08. The van der Waals surface area contributed by atoms with Crippen molar-refractivity contribution in [3.05, 3.63) is 29.6 Å². The number of nitrogens with zero attached hydrogens (tertiary/aromatic N) is 1. The Balaban J connectivity index is 2.97. The van der Waals surface area contributed by atoms with E-state index in [1.807, 2.05) is 0 Å². The molecule has 0 saturated heterocycles. The Hall–Kier alpha value is -1.38. The summed E-state index contributed by atoms with van der Waals surface area (Å²) in [5.41, 5.74) is 1.39. The molecule has 0 aliphatic rings. The van der Waals surface area contributed by atoms with Crippen LogP contribution in [0.25, 0.3) is 0 Å². The van der Waals surface area contributed by atoms with Crippen molar-refractivity contribution < 1.29 is 9.53 Å². The normalized spacial score (nSPS) is 9.69. The zero-order valence-electron chi connectivity index (χ0n) is 7.91. The predicted molar refractivity (Wildman–Crippen MR) is 49.6 cm³/mol. The van der Waals surface area contributed by atoms with E-state index in [2.05, 4.69) is 16.6 Å². The highest BCUT2D eigenvalue weighted by Gasteiger charge is 2.10. The molecule has 13 heavy (non-hydrogen) atoms. The maximum atomic E-state index is 11.2. The number of hydrogen-bond donors (Lipinski definition) is 0. The summed E-state index contributed by atoms with van der Waals surface area (Å²) < 4.78 is 4.64. The molecule has 0 unspecified atom stereocenters. The van der Waals surface area contributed by atoms with Crippen LogP contribution < -0.4 is 0 Å². The maximum absolute atomic E-state index is 11.2. The fraction of sp³-hybridized carbons (Fsp3) is 0.400. The van der Waals surface area contributed by atoms with Crippen molar-refractivity contribution in [2.45, 2.75) is 19.8 Å². The van der Waals surface area contributed by atoms with Gasteiger partial charge in [0.15, 0.2) is 0 Å². The molecule has 0 atom stereocenters. The molecule has 0 aliphatic heterocycles. The second-order valence-corrected chi connectivity index (χ2v) is 2.74. The quantitative estimate of drug-likeness (QED) is 0.664. The minimum Gasteiger partial charge on any atom is -0.465 e. The van der Waals surface area contributed by atoms with Crippen LogP contribution in [0.1, 0.15) is 29.4 Å². The summed E-state index contributed by atoms with van der Waals surface area (Å²) in [5, 5.41) is 0. The molecule has 0 aromatic carbocycles. The molecule has 0 fully saturated rings. The average molecular weight is 179 g/mol. The lowest BCUT2D eigenvalue weighted by molar-refractivity contribution is 0.0599. The Bertz CT molecular complexity index is 297. The Morgan fingerprint density at radius 1 is 1.62 bits per heavy atom. The molecule has 3 nitrogen and oxygen atoms in total. The monoisotopic (exact) mass is 179 g/mol. The molecule has 0 aliphatic carbocycles. The minimum atomic E-state index is -0.309. The summed E-state index contributed by atoms with van der Waals surface area (Å²) in [5.74, 6) is -0.309. The summed E-state index contributed by atoms with van der Waals surface area (Å²) >= 11 is 0. The van der Waals surface area contributed by atoms with Gasteiger partial charge in [0.25, 0.3) is 0 Å². The topological polar surface area (TPSA) is 39.2 Å². The van der Waals surface area contributed by atoms with Gasteiger partial charge < -0.3 is 4.74 Å². The van der Waals surface area contributed by atoms with Crippen molar-refractivity contribution in [2.24, 2.45) is 0 Å². The number of ether oxygens (including phenoxy) is 1. The molecule has 0 amide bonds. The van der Waals surface area contributed by atoms with Crippen molar-refractivity contribution in [1.29, 1.82) is 0 Å². The highest BCUT2D eigenvalue weighted by atomic mass is 16.5. The van der Waals surface area contributed by atoms with Crippen molar-refractivity contribution in [1.82, 2.24) is 4.98 Å². The van der Waals surface area contributed by atoms with Gasteiger partial charge in [0.05, 0.1) is 18.4 Å². The van der Waals surface area contributed by atoms with Crippen molar-refractivity contribution >= 4 is 5.97 Å². The second kappa shape index (κ2) is 4.60. The minimum absolute atomic E-state index is 0.309. The third-order valence-electron chi connectivity index (χ3n) is 1.78. The van der Waals surface area contributed by atoms with Gasteiger partial charge in [-0.2, -0.15) is 0 Å². The number of esters is 1. The van der Waals surface area contributed by atoms with Crippen LogP contribution in [-0.2, 0) is 11.2 Å². The van der Waals surface area contributed by atoms with Crippen LogP contribution in [0.5, 0.6) is 0 Å². The highest BCUT2D eigenvalue weighted by molar-refractivity contribution is 5.90. The molecule has 0 N–H and O–H groups in total. The standard InChI is InChI=1S/C10H13NO2/c1-3-5-9-8(10(12)13-2)6-4-7-11-9/h4,6-7H,3,5H2,1-2H3. The van der Waals surface area contributed by atoms with Crippen molar-refractivity contribution in [3.63, 3.8) is 0 Å². The first-order valence-corrected chi connectivity index (χ1v) is 4.31. The van der Waals surface area contributed by atoms with Crippen LogP contribution in [0.2, 0.25) is 0 Å². The van der Waals surface area contributed by atoms with Crippen LogP contribution in [0.15, 0.2) is 18.3 Å². The molecule has 1 rings (SSSR count). The summed E-state index contributed by atoms with van der Waals surface area (Å²) in [7, 11) is 1.38. The number of aromatic nitrogens is 1. The largest absolute Gasteiger partial charge is 0.465 e. The van der Waals surface area contributed by atoms with E-state index in [0.717, 1.165) is 18.5 Å². The summed E-state index contributed by atoms with van der Waals surface area (Å²) in [4.78, 5) is 15.4. The number of pyridine rings is 1. The third kappa shape index (κ3) is 2.28. The van der Waals surface area contributed by atoms with E-state index in [0.29, 0.717) is 5.56 Å². The summed E-state index contributed by atoms with van der Waals surface area (Å²) in [6.45, 7) is 2.05. The number of carbonyl (C=O) groups excluding carboxylic acids is 1. The van der Waals surface area contributed by atoms with Crippen LogP contribution in [-0.4, -0.2) is 18.1 Å². The van der Waals surface area contributed by atoms with Gasteiger partial charge in [-0.15, -0.1) is 0 Å². The lowest BCUT2D eigenvalue weighted by Crippen LogP contribution is -2.06. The van der Waals surface area contributed by atoms with Gasteiger partial charge in [-0.25, -0.2) is 4.79 Å². The first-order valence-electron chi connectivity index (χ1n) is 4.31. The molecule has 3 heteroatoms. The Kier molecular flexibility index (Phi) is 3.43. The third-order valence-corrected chi connectivity index (χ3v) is 1.78. The molecular formula is C10H13NO2. The molecule has 1 heterocycles. The fourth-order valence-electron chi connectivity index (χ4n) is 1.17. The van der Waals surface area contributed by atoms with E-state index in [1.54, 1.807) is 18.3 Å². The van der Waals surface area contributed by atoms with E-state index in [-0.39, 0.29) is 5.97 Å². The zero-order chi connectivity index (χ0) is 9.68. The van der Waals surface area contributed by atoms with E-state index < -0.39 is 0 Å². The SMILES string of the molecule is CCCc1ncccc1C(=O)OC. The lowest BCUT2D eigenvalue weighted by atomic mass is 10.1. The zero-order valence-corrected chi connectivity index (χ0v) is 7.91. The second-order valence-electron chi connectivity index (χ2n) is 2.74. The van der Waals surface area contributed by atoms with Gasteiger partial charge in [-0.1, -0.05) is 13.3 Å². The van der Waals surface area contributed by atoms with Gasteiger partial charge in [-0.05, 0) is 18.6 Å². The first-order chi connectivity index (χ1) is 6.29. The van der Waals surface area contributed by atoms with Crippen LogP contribution >= 0.6 is 0 Å². The average Bonchev–Trinajstić information content (AvgIpc) is 2.18. The van der Waals surface area contributed by atoms with Gasteiger partial charge >= 0.3 is 5.97 Å². The Morgan fingerprint density at radius 3 is 3.00 bits per heavy atom. The molecule has 0 bridgehead atoms. The smallest absolute Gasteiger partial charge is 0.339 e. The first kappa shape index (κ1) is 9.71. The molecule has 1 aromatic rings. The van der Waals surface area contributed by atoms with Crippen molar-refractivity contribution in [3.8, 4) is 0 Å². The van der Waals surface area contributed by atoms with Gasteiger partial charge in [0.2, 0.25) is 0 Å². The number of methoxy groups -OCH3 is 1. The van der Waals surface area contributed by atoms with E-state index in [1.165, 1.54) is 7.11 Å². The van der Waals surface area contributed by atoms with E-state index in [9.17, 15) is 4.79 Å². The van der Waals surface area contributed by atoms with Crippen LogP contribution in [0.3, 0.4) is 0 Å². The number of aryl methyl sites for hydroxylation is 1. The van der Waals surface area contributed by atoms with Crippen LogP contribution in [0, 0.1) is 0 Å². The molecule has 0 saturated carbocycles. The Morgan fingerprint density at radius 2 is 2.38 bits per heavy atom. The van der Waals surface area contributed by atoms with Gasteiger partial charge in [0.1, 0.15) is 0 Å². The summed E-state index contributed by atoms with van der Waals surface area (Å²) in [6, 6.07) is 3.48. The van der Waals surface area contributed by atoms with Gasteiger partial charge in [0, 0.05) is 6.20 Å². The predicted octanol–water partition coefficient (Wildman–Crippen LogP) is 1.82. The molecule has 0 spiro atoms. The molecule has 1 aromatic heterocycles. The van der Waals surface area contributed by atoms with E-state index in [4.69, 9.17) is 0 Å². The molecule has 70 valence electrons.